The Balaban J connectivity index is 2.29. The maximum absolute atomic E-state index is 12.0. The molecule has 17 heavy (non-hydrogen) atoms. The molecule has 1 aliphatic rings. The van der Waals surface area contributed by atoms with Crippen molar-refractivity contribution in [2.75, 3.05) is 26.2 Å². The van der Waals surface area contributed by atoms with Gasteiger partial charge in [-0.3, -0.25) is 4.79 Å². The minimum absolute atomic E-state index is 0.449. The van der Waals surface area contributed by atoms with Gasteiger partial charge in [0.05, 0.1) is 0 Å². The molecule has 1 aliphatic heterocycles. The van der Waals surface area contributed by atoms with Crippen molar-refractivity contribution in [1.82, 2.24) is 10.2 Å². The summed E-state index contributed by atoms with van der Waals surface area (Å²) in [6, 6.07) is 0. The van der Waals surface area contributed by atoms with E-state index in [9.17, 15) is 18.0 Å². The predicted octanol–water partition coefficient (Wildman–Crippen LogP) is 1.79. The zero-order valence-electron chi connectivity index (χ0n) is 10.0. The molecule has 0 aliphatic carbocycles. The zero-order chi connectivity index (χ0) is 12.9. The highest BCUT2D eigenvalue weighted by molar-refractivity contribution is 5.76. The van der Waals surface area contributed by atoms with Gasteiger partial charge < -0.3 is 10.2 Å². The Morgan fingerprint density at radius 3 is 2.41 bits per heavy atom. The molecule has 0 aromatic rings. The third kappa shape index (κ3) is 5.39. The van der Waals surface area contributed by atoms with Crippen LogP contribution in [0.15, 0.2) is 0 Å². The molecule has 1 N–H and O–H groups in total. The smallest absolute Gasteiger partial charge is 0.342 e. The van der Waals surface area contributed by atoms with E-state index in [-0.39, 0.29) is 0 Å². The van der Waals surface area contributed by atoms with Gasteiger partial charge in [0.25, 0.3) is 0 Å². The number of nitrogens with one attached hydrogen (secondary N) is 1. The monoisotopic (exact) mass is 252 g/mol. The van der Waals surface area contributed by atoms with Crippen LogP contribution in [0, 0.1) is 5.92 Å². The van der Waals surface area contributed by atoms with Gasteiger partial charge in [0.1, 0.15) is 6.42 Å². The average Bonchev–Trinajstić information content (AvgIpc) is 2.24. The zero-order valence-corrected chi connectivity index (χ0v) is 10.0. The van der Waals surface area contributed by atoms with Gasteiger partial charge >= 0.3 is 6.18 Å². The number of halogens is 3. The number of hydrogen-bond donors (Lipinski definition) is 1. The number of carbonyl (C=O) groups is 1. The molecule has 0 aromatic carbocycles. The van der Waals surface area contributed by atoms with E-state index in [1.54, 1.807) is 0 Å². The lowest BCUT2D eigenvalue weighted by Gasteiger charge is -2.32. The fraction of sp³-hybridized carbons (Fsp3) is 0.909. The van der Waals surface area contributed by atoms with Crippen LogP contribution in [-0.4, -0.2) is 43.2 Å². The number of rotatable bonds is 4. The Morgan fingerprint density at radius 1 is 1.35 bits per heavy atom. The van der Waals surface area contributed by atoms with Crippen LogP contribution in [0.2, 0.25) is 0 Å². The first kappa shape index (κ1) is 14.3. The number of amides is 1. The first-order valence-electron chi connectivity index (χ1n) is 5.97. The van der Waals surface area contributed by atoms with E-state index in [1.165, 1.54) is 4.90 Å². The molecule has 0 atom stereocenters. The standard InChI is InChI=1S/C11H19F3N2O/c1-2-15-8-9-3-5-16(6-4-9)10(17)7-11(12,13)14/h9,15H,2-8H2,1H3. The van der Waals surface area contributed by atoms with Crippen LogP contribution in [0.1, 0.15) is 26.2 Å². The number of likely N-dealkylation sites (tertiary alicyclic amines) is 1. The topological polar surface area (TPSA) is 32.3 Å². The SMILES string of the molecule is CCNCC1CCN(C(=O)CC(F)(F)F)CC1. The lowest BCUT2D eigenvalue weighted by atomic mass is 9.96. The first-order chi connectivity index (χ1) is 7.92. The normalized spacial score (nSPS) is 18.5. The van der Waals surface area contributed by atoms with Crippen LogP contribution in [0.3, 0.4) is 0 Å². The summed E-state index contributed by atoms with van der Waals surface area (Å²) >= 11 is 0. The highest BCUT2D eigenvalue weighted by atomic mass is 19.4. The Kier molecular flexibility index (Phi) is 5.24. The molecule has 100 valence electrons. The average molecular weight is 252 g/mol. The molecule has 0 radical (unpaired) electrons. The number of carbonyl (C=O) groups excluding carboxylic acids is 1. The van der Waals surface area contributed by atoms with E-state index in [1.807, 2.05) is 6.92 Å². The highest BCUT2D eigenvalue weighted by Gasteiger charge is 2.34. The number of alkyl halides is 3. The molecule has 1 heterocycles. The maximum atomic E-state index is 12.0. The molecular formula is C11H19F3N2O. The molecule has 0 unspecified atom stereocenters. The number of hydrogen-bond acceptors (Lipinski definition) is 2. The molecule has 1 rings (SSSR count). The fourth-order valence-corrected chi connectivity index (χ4v) is 2.02. The molecule has 3 nitrogen and oxygen atoms in total. The van der Waals surface area contributed by atoms with Gasteiger partial charge in [-0.25, -0.2) is 0 Å². The lowest BCUT2D eigenvalue weighted by molar-refractivity contribution is -0.162. The Hall–Kier alpha value is -0.780. The quantitative estimate of drug-likeness (QED) is 0.827. The van der Waals surface area contributed by atoms with Gasteiger partial charge in [0, 0.05) is 13.1 Å². The second-order valence-corrected chi connectivity index (χ2v) is 4.42. The van der Waals surface area contributed by atoms with Crippen molar-refractivity contribution >= 4 is 5.91 Å². The van der Waals surface area contributed by atoms with Crippen LogP contribution in [-0.2, 0) is 4.79 Å². The minimum Gasteiger partial charge on any atom is -0.342 e. The molecule has 0 bridgehead atoms. The molecule has 1 saturated heterocycles. The number of nitrogens with zero attached hydrogens (tertiary/aromatic N) is 1. The molecule has 0 saturated carbocycles. The molecule has 0 aromatic heterocycles. The summed E-state index contributed by atoms with van der Waals surface area (Å²) in [5.74, 6) is -0.315. The van der Waals surface area contributed by atoms with Crippen molar-refractivity contribution in [2.24, 2.45) is 5.92 Å². The predicted molar refractivity (Wildman–Crippen MR) is 58.5 cm³/mol. The van der Waals surface area contributed by atoms with Gasteiger partial charge in [0.2, 0.25) is 5.91 Å². The summed E-state index contributed by atoms with van der Waals surface area (Å²) in [5.41, 5.74) is 0. The lowest BCUT2D eigenvalue weighted by Crippen LogP contribution is -2.42. The summed E-state index contributed by atoms with van der Waals surface area (Å²) in [5, 5.41) is 3.22. The van der Waals surface area contributed by atoms with Gasteiger partial charge in [-0.2, -0.15) is 13.2 Å². The Labute approximate surface area is 99.4 Å². The van der Waals surface area contributed by atoms with Crippen molar-refractivity contribution in [3.8, 4) is 0 Å². The summed E-state index contributed by atoms with van der Waals surface area (Å²) in [4.78, 5) is 12.7. The number of piperidine rings is 1. The van der Waals surface area contributed by atoms with Crippen LogP contribution in [0.5, 0.6) is 0 Å². The maximum Gasteiger partial charge on any atom is 0.397 e. The Bertz CT molecular complexity index is 248. The van der Waals surface area contributed by atoms with E-state index < -0.39 is 18.5 Å². The van der Waals surface area contributed by atoms with Crippen molar-refractivity contribution in [1.29, 1.82) is 0 Å². The van der Waals surface area contributed by atoms with E-state index in [0.717, 1.165) is 25.9 Å². The van der Waals surface area contributed by atoms with Crippen molar-refractivity contribution in [2.45, 2.75) is 32.4 Å². The van der Waals surface area contributed by atoms with Gasteiger partial charge in [-0.1, -0.05) is 6.92 Å². The van der Waals surface area contributed by atoms with Gasteiger partial charge in [-0.05, 0) is 31.8 Å². The molecule has 1 amide bonds. The summed E-state index contributed by atoms with van der Waals surface area (Å²) in [6.45, 7) is 4.70. The van der Waals surface area contributed by atoms with E-state index in [0.29, 0.717) is 19.0 Å². The van der Waals surface area contributed by atoms with Crippen molar-refractivity contribution in [3.05, 3.63) is 0 Å². The van der Waals surface area contributed by atoms with Crippen LogP contribution >= 0.6 is 0 Å². The first-order valence-corrected chi connectivity index (χ1v) is 5.97. The van der Waals surface area contributed by atoms with Gasteiger partial charge in [-0.15, -0.1) is 0 Å². The largest absolute Gasteiger partial charge is 0.397 e. The van der Waals surface area contributed by atoms with Crippen LogP contribution < -0.4 is 5.32 Å². The fourth-order valence-electron chi connectivity index (χ4n) is 2.02. The van der Waals surface area contributed by atoms with E-state index >= 15 is 0 Å². The van der Waals surface area contributed by atoms with E-state index in [2.05, 4.69) is 5.32 Å². The molecule has 1 fully saturated rings. The minimum atomic E-state index is -4.39. The Morgan fingerprint density at radius 2 is 1.94 bits per heavy atom. The second kappa shape index (κ2) is 6.23. The van der Waals surface area contributed by atoms with E-state index in [4.69, 9.17) is 0 Å². The van der Waals surface area contributed by atoms with Crippen molar-refractivity contribution < 1.29 is 18.0 Å². The molecule has 0 spiro atoms. The van der Waals surface area contributed by atoms with Gasteiger partial charge in [0.15, 0.2) is 0 Å². The van der Waals surface area contributed by atoms with Crippen molar-refractivity contribution in [3.63, 3.8) is 0 Å². The third-order valence-corrected chi connectivity index (χ3v) is 3.00. The summed E-state index contributed by atoms with van der Waals surface area (Å²) in [7, 11) is 0. The van der Waals surface area contributed by atoms with Crippen LogP contribution in [0.25, 0.3) is 0 Å². The highest BCUT2D eigenvalue weighted by Crippen LogP contribution is 2.23. The molecular weight excluding hydrogens is 233 g/mol. The second-order valence-electron chi connectivity index (χ2n) is 4.42. The summed E-state index contributed by atoms with van der Waals surface area (Å²) in [6.07, 6.45) is -4.14. The third-order valence-electron chi connectivity index (χ3n) is 3.00. The summed E-state index contributed by atoms with van der Waals surface area (Å²) < 4.78 is 36.1. The van der Waals surface area contributed by atoms with Crippen LogP contribution in [0.4, 0.5) is 13.2 Å². The molecule has 6 heteroatoms.